The van der Waals surface area contributed by atoms with Gasteiger partial charge in [0, 0.05) is 12.6 Å². The second kappa shape index (κ2) is 4.91. The highest BCUT2D eigenvalue weighted by molar-refractivity contribution is 5.84. The van der Waals surface area contributed by atoms with E-state index in [-0.39, 0.29) is 0 Å². The minimum absolute atomic E-state index is 0.407. The van der Waals surface area contributed by atoms with Gasteiger partial charge in [0.2, 0.25) is 0 Å². The number of hydrogen-bond acceptors (Lipinski definition) is 4. The number of carbonyl (C=O) groups excluding carboxylic acids is 1. The largest absolute Gasteiger partial charge is 0.493 e. The molecule has 0 radical (unpaired) electrons. The molecule has 0 saturated heterocycles. The number of hydrogen-bond donors (Lipinski definition) is 0. The van der Waals surface area contributed by atoms with Crippen LogP contribution in [-0.4, -0.2) is 30.1 Å². The van der Waals surface area contributed by atoms with Gasteiger partial charge in [0.1, 0.15) is 5.69 Å². The Balaban J connectivity index is 2.57. The maximum atomic E-state index is 11.0. The third kappa shape index (κ3) is 1.95. The zero-order valence-corrected chi connectivity index (χ0v) is 10.5. The van der Waals surface area contributed by atoms with E-state index in [4.69, 9.17) is 9.47 Å². The molecular weight excluding hydrogens is 232 g/mol. The molecule has 5 nitrogen and oxygen atoms in total. The molecule has 0 bridgehead atoms. The molecule has 94 valence electrons. The number of methoxy groups -OCH3 is 2. The van der Waals surface area contributed by atoms with Crippen LogP contribution >= 0.6 is 0 Å². The number of imidazole rings is 1. The Morgan fingerprint density at radius 1 is 1.22 bits per heavy atom. The van der Waals surface area contributed by atoms with Crippen molar-refractivity contribution in [3.05, 3.63) is 30.2 Å². The van der Waals surface area contributed by atoms with Crippen LogP contribution in [0, 0.1) is 0 Å². The molecule has 0 N–H and O–H groups in total. The monoisotopic (exact) mass is 246 g/mol. The Bertz CT molecular complexity index is 576. The van der Waals surface area contributed by atoms with E-state index in [2.05, 4.69) is 4.98 Å². The Morgan fingerprint density at radius 3 is 2.56 bits per heavy atom. The summed E-state index contributed by atoms with van der Waals surface area (Å²) in [4.78, 5) is 15.0. The second-order valence-corrected chi connectivity index (χ2v) is 3.78. The Morgan fingerprint density at radius 2 is 1.94 bits per heavy atom. The molecule has 0 atom stereocenters. The number of aldehydes is 1. The van der Waals surface area contributed by atoms with Crippen molar-refractivity contribution in [1.29, 1.82) is 0 Å². The van der Waals surface area contributed by atoms with Crippen LogP contribution in [0.2, 0.25) is 0 Å². The minimum Gasteiger partial charge on any atom is -0.493 e. The van der Waals surface area contributed by atoms with E-state index in [1.165, 1.54) is 0 Å². The fraction of sp³-hybridized carbons (Fsp3) is 0.231. The van der Waals surface area contributed by atoms with Crippen molar-refractivity contribution in [2.24, 2.45) is 7.05 Å². The van der Waals surface area contributed by atoms with Gasteiger partial charge in [-0.15, -0.1) is 0 Å². The van der Waals surface area contributed by atoms with Crippen LogP contribution in [-0.2, 0) is 7.05 Å². The van der Waals surface area contributed by atoms with Gasteiger partial charge in [0.15, 0.2) is 17.8 Å². The average molecular weight is 246 g/mol. The summed E-state index contributed by atoms with van der Waals surface area (Å²) in [5.74, 6) is 1.27. The van der Waals surface area contributed by atoms with Crippen molar-refractivity contribution in [2.75, 3.05) is 14.2 Å². The van der Waals surface area contributed by atoms with E-state index < -0.39 is 0 Å². The summed E-state index contributed by atoms with van der Waals surface area (Å²) in [6.07, 6.45) is 2.35. The highest BCUT2D eigenvalue weighted by Gasteiger charge is 2.13. The maximum Gasteiger partial charge on any atom is 0.170 e. The molecule has 1 aromatic carbocycles. The third-order valence-electron chi connectivity index (χ3n) is 2.73. The van der Waals surface area contributed by atoms with Gasteiger partial charge in [-0.1, -0.05) is 0 Å². The molecule has 0 aliphatic rings. The highest BCUT2D eigenvalue weighted by Crippen LogP contribution is 2.32. The zero-order chi connectivity index (χ0) is 13.1. The molecule has 0 fully saturated rings. The van der Waals surface area contributed by atoms with E-state index in [0.29, 0.717) is 17.2 Å². The van der Waals surface area contributed by atoms with E-state index in [1.807, 2.05) is 19.2 Å². The smallest absolute Gasteiger partial charge is 0.170 e. The van der Waals surface area contributed by atoms with Crippen molar-refractivity contribution in [3.63, 3.8) is 0 Å². The van der Waals surface area contributed by atoms with E-state index >= 15 is 0 Å². The Hall–Kier alpha value is -2.30. The van der Waals surface area contributed by atoms with Crippen LogP contribution in [0.4, 0.5) is 0 Å². The van der Waals surface area contributed by atoms with E-state index in [9.17, 15) is 4.79 Å². The van der Waals surface area contributed by atoms with Crippen LogP contribution in [0.25, 0.3) is 11.3 Å². The SMILES string of the molecule is COc1ccc(-c2c(C=O)ncn2C)cc1OC. The first-order chi connectivity index (χ1) is 8.71. The predicted octanol–water partition coefficient (Wildman–Crippen LogP) is 1.92. The van der Waals surface area contributed by atoms with Crippen LogP contribution in [0.3, 0.4) is 0 Å². The van der Waals surface area contributed by atoms with Gasteiger partial charge in [-0.3, -0.25) is 4.79 Å². The van der Waals surface area contributed by atoms with Gasteiger partial charge in [0.05, 0.1) is 26.2 Å². The number of aryl methyl sites for hydroxylation is 1. The topological polar surface area (TPSA) is 53.3 Å². The number of benzene rings is 1. The quantitative estimate of drug-likeness (QED) is 0.773. The Labute approximate surface area is 105 Å². The number of nitrogens with zero attached hydrogens (tertiary/aromatic N) is 2. The first kappa shape index (κ1) is 12.2. The van der Waals surface area contributed by atoms with E-state index in [0.717, 1.165) is 17.5 Å². The van der Waals surface area contributed by atoms with Gasteiger partial charge >= 0.3 is 0 Å². The summed E-state index contributed by atoms with van der Waals surface area (Å²) in [6.45, 7) is 0. The molecular formula is C13H14N2O3. The van der Waals surface area contributed by atoms with Crippen LogP contribution in [0.5, 0.6) is 11.5 Å². The molecule has 5 heteroatoms. The molecule has 18 heavy (non-hydrogen) atoms. The lowest BCUT2D eigenvalue weighted by Gasteiger charge is -2.10. The van der Waals surface area contributed by atoms with Crippen LogP contribution in [0.1, 0.15) is 10.5 Å². The summed E-state index contributed by atoms with van der Waals surface area (Å²) in [5, 5.41) is 0. The van der Waals surface area contributed by atoms with Gasteiger partial charge < -0.3 is 14.0 Å². The standard InChI is InChI=1S/C13H14N2O3/c1-15-8-14-10(7-16)13(15)9-4-5-11(17-2)12(6-9)18-3/h4-8H,1-3H3. The molecule has 0 amide bonds. The van der Waals surface area contributed by atoms with Crippen LogP contribution in [0.15, 0.2) is 24.5 Å². The lowest BCUT2D eigenvalue weighted by Crippen LogP contribution is -1.95. The van der Waals surface area contributed by atoms with Gasteiger partial charge in [-0.25, -0.2) is 4.98 Å². The molecule has 1 aromatic heterocycles. The van der Waals surface area contributed by atoms with Crippen molar-refractivity contribution in [2.45, 2.75) is 0 Å². The molecule has 0 spiro atoms. The Kier molecular flexibility index (Phi) is 3.32. The van der Waals surface area contributed by atoms with Crippen LogP contribution < -0.4 is 9.47 Å². The summed E-state index contributed by atoms with van der Waals surface area (Å²) < 4.78 is 12.2. The van der Waals surface area contributed by atoms with Gasteiger partial charge in [-0.2, -0.15) is 0 Å². The summed E-state index contributed by atoms with van der Waals surface area (Å²) in [7, 11) is 5.00. The second-order valence-electron chi connectivity index (χ2n) is 3.78. The fourth-order valence-corrected chi connectivity index (χ4v) is 1.87. The average Bonchev–Trinajstić information content (AvgIpc) is 2.79. The number of aromatic nitrogens is 2. The fourth-order valence-electron chi connectivity index (χ4n) is 1.87. The molecule has 2 aromatic rings. The molecule has 2 rings (SSSR count). The first-order valence-electron chi connectivity index (χ1n) is 5.40. The summed E-state index contributed by atoms with van der Waals surface area (Å²) in [5.41, 5.74) is 2.02. The molecule has 0 aliphatic carbocycles. The summed E-state index contributed by atoms with van der Waals surface area (Å²) >= 11 is 0. The van der Waals surface area contributed by atoms with Crippen molar-refractivity contribution < 1.29 is 14.3 Å². The van der Waals surface area contributed by atoms with E-state index in [1.54, 1.807) is 31.2 Å². The zero-order valence-electron chi connectivity index (χ0n) is 10.5. The van der Waals surface area contributed by atoms with Gasteiger partial charge in [-0.05, 0) is 18.2 Å². The number of rotatable bonds is 4. The van der Waals surface area contributed by atoms with Crippen molar-refractivity contribution in [3.8, 4) is 22.8 Å². The lowest BCUT2D eigenvalue weighted by atomic mass is 10.1. The molecule has 0 unspecified atom stereocenters. The normalized spacial score (nSPS) is 10.2. The van der Waals surface area contributed by atoms with Crippen molar-refractivity contribution in [1.82, 2.24) is 9.55 Å². The summed E-state index contributed by atoms with van der Waals surface area (Å²) in [6, 6.07) is 5.49. The minimum atomic E-state index is 0.407. The maximum absolute atomic E-state index is 11.0. The highest BCUT2D eigenvalue weighted by atomic mass is 16.5. The van der Waals surface area contributed by atoms with Gasteiger partial charge in [0.25, 0.3) is 0 Å². The predicted molar refractivity (Wildman–Crippen MR) is 67.1 cm³/mol. The number of carbonyl (C=O) groups is 1. The molecule has 1 heterocycles. The number of ether oxygens (including phenoxy) is 2. The van der Waals surface area contributed by atoms with Crippen molar-refractivity contribution >= 4 is 6.29 Å². The third-order valence-corrected chi connectivity index (χ3v) is 2.73. The lowest BCUT2D eigenvalue weighted by molar-refractivity contribution is 0.112. The molecule has 0 saturated carbocycles. The molecule has 0 aliphatic heterocycles. The first-order valence-corrected chi connectivity index (χ1v) is 5.40.